The number of halogens is 1. The predicted octanol–water partition coefficient (Wildman–Crippen LogP) is 7.01. The third-order valence-corrected chi connectivity index (χ3v) is 5.29. The van der Waals surface area contributed by atoms with E-state index in [0.717, 1.165) is 31.4 Å². The van der Waals surface area contributed by atoms with Gasteiger partial charge in [0.15, 0.2) is 0 Å². The molecule has 0 radical (unpaired) electrons. The molecule has 1 aromatic heterocycles. The highest BCUT2D eigenvalue weighted by atomic mass is 35.5. The maximum Gasteiger partial charge on any atom is 0.109 e. The molecule has 0 amide bonds. The van der Waals surface area contributed by atoms with Crippen molar-refractivity contribution >= 4 is 34.3 Å². The molecule has 0 aliphatic carbocycles. The molecule has 4 rings (SSSR count). The average molecular weight is 362 g/mol. The Hall–Kier alpha value is -2.29. The Kier molecular flexibility index (Phi) is 4.48. The number of hydrogen-bond acceptors (Lipinski definition) is 2. The van der Waals surface area contributed by atoms with E-state index in [1.54, 1.807) is 11.8 Å². The van der Waals surface area contributed by atoms with Gasteiger partial charge in [-0.3, -0.25) is 0 Å². The molecule has 1 nitrogen and oxygen atoms in total. The van der Waals surface area contributed by atoms with Gasteiger partial charge in [-0.05, 0) is 42.8 Å². The van der Waals surface area contributed by atoms with Gasteiger partial charge in [0.2, 0.25) is 0 Å². The molecule has 0 fully saturated rings. The summed E-state index contributed by atoms with van der Waals surface area (Å²) in [5.41, 5.74) is 4.57. The summed E-state index contributed by atoms with van der Waals surface area (Å²) >= 11 is 7.79. The van der Waals surface area contributed by atoms with Gasteiger partial charge >= 0.3 is 0 Å². The Morgan fingerprint density at radius 3 is 2.44 bits per heavy atom. The molecule has 3 aromatic carbocycles. The number of para-hydroxylation sites is 1. The number of aromatic nitrogens is 1. The molecular weight excluding hydrogens is 346 g/mol. The van der Waals surface area contributed by atoms with E-state index in [1.165, 1.54) is 11.1 Å². The van der Waals surface area contributed by atoms with Crippen molar-refractivity contribution in [3.63, 3.8) is 0 Å². The molecule has 0 saturated carbocycles. The summed E-state index contributed by atoms with van der Waals surface area (Å²) < 4.78 is 0. The van der Waals surface area contributed by atoms with Gasteiger partial charge in [0.05, 0.1) is 5.52 Å². The molecule has 0 bridgehead atoms. The van der Waals surface area contributed by atoms with Crippen molar-refractivity contribution in [1.82, 2.24) is 4.98 Å². The van der Waals surface area contributed by atoms with Gasteiger partial charge in [-0.2, -0.15) is 0 Å². The number of fused-ring (bicyclic) bond motifs is 1. The van der Waals surface area contributed by atoms with E-state index < -0.39 is 0 Å². The third-order valence-electron chi connectivity index (χ3n) is 4.06. The molecule has 4 aromatic rings. The quantitative estimate of drug-likeness (QED) is 0.389. The Bertz CT molecular complexity index is 1040. The first-order chi connectivity index (χ1) is 12.2. The molecule has 0 unspecified atom stereocenters. The average Bonchev–Trinajstić information content (AvgIpc) is 2.62. The summed E-state index contributed by atoms with van der Waals surface area (Å²) in [6.45, 7) is 2.10. The summed E-state index contributed by atoms with van der Waals surface area (Å²) in [6.07, 6.45) is 0. The topological polar surface area (TPSA) is 12.9 Å². The van der Waals surface area contributed by atoms with E-state index in [-0.39, 0.29) is 0 Å². The molecule has 3 heteroatoms. The number of pyridine rings is 1. The van der Waals surface area contributed by atoms with Crippen LogP contribution in [-0.2, 0) is 0 Å². The van der Waals surface area contributed by atoms with Gasteiger partial charge in [-0.15, -0.1) is 0 Å². The minimum absolute atomic E-state index is 0.739. The minimum Gasteiger partial charge on any atom is -0.240 e. The van der Waals surface area contributed by atoms with Crippen LogP contribution in [0.2, 0.25) is 5.02 Å². The smallest absolute Gasteiger partial charge is 0.109 e. The second-order valence-electron chi connectivity index (χ2n) is 5.96. The van der Waals surface area contributed by atoms with E-state index in [1.807, 2.05) is 30.3 Å². The van der Waals surface area contributed by atoms with Crippen molar-refractivity contribution in [2.45, 2.75) is 16.8 Å². The normalized spacial score (nSPS) is 11.0. The van der Waals surface area contributed by atoms with Crippen LogP contribution in [0.3, 0.4) is 0 Å². The van der Waals surface area contributed by atoms with Crippen LogP contribution in [0.1, 0.15) is 5.56 Å². The van der Waals surface area contributed by atoms with Gasteiger partial charge in [0, 0.05) is 20.9 Å². The Labute approximate surface area is 156 Å². The molecule has 0 atom stereocenters. The van der Waals surface area contributed by atoms with Gasteiger partial charge in [0.1, 0.15) is 5.03 Å². The molecule has 25 heavy (non-hydrogen) atoms. The molecule has 1 heterocycles. The van der Waals surface area contributed by atoms with E-state index in [2.05, 4.69) is 55.5 Å². The second-order valence-corrected chi connectivity index (χ2v) is 7.46. The van der Waals surface area contributed by atoms with Crippen molar-refractivity contribution in [3.05, 3.63) is 89.4 Å². The molecule has 0 aliphatic heterocycles. The van der Waals surface area contributed by atoms with Gasteiger partial charge in [-0.1, -0.05) is 77.5 Å². The summed E-state index contributed by atoms with van der Waals surface area (Å²) in [7, 11) is 0. The SMILES string of the molecule is Cc1ccc(-c2cc3ccccc3nc2Sc2cccc(Cl)c2)cc1. The lowest BCUT2D eigenvalue weighted by Gasteiger charge is -2.11. The number of nitrogens with zero attached hydrogens (tertiary/aromatic N) is 1. The molecular formula is C22H16ClNS. The van der Waals surface area contributed by atoms with Crippen molar-refractivity contribution < 1.29 is 0 Å². The first-order valence-corrected chi connectivity index (χ1v) is 9.29. The maximum absolute atomic E-state index is 6.15. The predicted molar refractivity (Wildman–Crippen MR) is 107 cm³/mol. The van der Waals surface area contributed by atoms with E-state index >= 15 is 0 Å². The van der Waals surface area contributed by atoms with Crippen LogP contribution < -0.4 is 0 Å². The Morgan fingerprint density at radius 2 is 1.64 bits per heavy atom. The van der Waals surface area contributed by atoms with Gasteiger partial charge in [-0.25, -0.2) is 4.98 Å². The summed E-state index contributed by atoms with van der Waals surface area (Å²) in [6, 6.07) is 26.9. The van der Waals surface area contributed by atoms with Crippen LogP contribution in [0.5, 0.6) is 0 Å². The first kappa shape index (κ1) is 16.2. The molecule has 0 spiro atoms. The fourth-order valence-electron chi connectivity index (χ4n) is 2.76. The van der Waals surface area contributed by atoms with Crippen molar-refractivity contribution in [1.29, 1.82) is 0 Å². The highest BCUT2D eigenvalue weighted by molar-refractivity contribution is 7.99. The number of hydrogen-bond donors (Lipinski definition) is 0. The van der Waals surface area contributed by atoms with Crippen LogP contribution in [0.15, 0.2) is 88.8 Å². The minimum atomic E-state index is 0.739. The number of benzene rings is 3. The van der Waals surface area contributed by atoms with E-state index in [0.29, 0.717) is 0 Å². The van der Waals surface area contributed by atoms with Crippen LogP contribution in [0, 0.1) is 6.92 Å². The number of rotatable bonds is 3. The molecule has 122 valence electrons. The number of aryl methyl sites for hydroxylation is 1. The fraction of sp³-hybridized carbons (Fsp3) is 0.0455. The first-order valence-electron chi connectivity index (χ1n) is 8.09. The highest BCUT2D eigenvalue weighted by Crippen LogP contribution is 2.37. The lowest BCUT2D eigenvalue weighted by atomic mass is 10.0. The van der Waals surface area contributed by atoms with Crippen LogP contribution in [0.25, 0.3) is 22.0 Å². The zero-order valence-electron chi connectivity index (χ0n) is 13.7. The van der Waals surface area contributed by atoms with Crippen LogP contribution >= 0.6 is 23.4 Å². The van der Waals surface area contributed by atoms with Crippen LogP contribution in [-0.4, -0.2) is 4.98 Å². The van der Waals surface area contributed by atoms with Gasteiger partial charge in [0.25, 0.3) is 0 Å². The Morgan fingerprint density at radius 1 is 0.840 bits per heavy atom. The summed E-state index contributed by atoms with van der Waals surface area (Å²) in [4.78, 5) is 6.01. The van der Waals surface area contributed by atoms with E-state index in [4.69, 9.17) is 16.6 Å². The second kappa shape index (κ2) is 6.91. The van der Waals surface area contributed by atoms with Gasteiger partial charge < -0.3 is 0 Å². The van der Waals surface area contributed by atoms with Crippen LogP contribution in [0.4, 0.5) is 0 Å². The highest BCUT2D eigenvalue weighted by Gasteiger charge is 2.11. The van der Waals surface area contributed by atoms with E-state index in [9.17, 15) is 0 Å². The standard InChI is InChI=1S/C22H16ClNS/c1-15-9-11-16(12-10-15)20-13-17-5-2-3-8-21(17)24-22(20)25-19-7-4-6-18(23)14-19/h2-14H,1H3. The molecule has 0 saturated heterocycles. The largest absolute Gasteiger partial charge is 0.240 e. The van der Waals surface area contributed by atoms with Crippen molar-refractivity contribution in [3.8, 4) is 11.1 Å². The molecule has 0 N–H and O–H groups in total. The molecule has 0 aliphatic rings. The lowest BCUT2D eigenvalue weighted by Crippen LogP contribution is -1.90. The zero-order valence-corrected chi connectivity index (χ0v) is 15.3. The lowest BCUT2D eigenvalue weighted by molar-refractivity contribution is 1.19. The van der Waals surface area contributed by atoms with Crippen molar-refractivity contribution in [2.24, 2.45) is 0 Å². The summed E-state index contributed by atoms with van der Waals surface area (Å²) in [5.74, 6) is 0. The summed E-state index contributed by atoms with van der Waals surface area (Å²) in [5, 5.41) is 2.88. The third kappa shape index (κ3) is 3.55. The zero-order chi connectivity index (χ0) is 17.2. The Balaban J connectivity index is 1.87. The fourth-order valence-corrected chi connectivity index (χ4v) is 4.00. The monoisotopic (exact) mass is 361 g/mol. The maximum atomic E-state index is 6.15. The van der Waals surface area contributed by atoms with Crippen molar-refractivity contribution in [2.75, 3.05) is 0 Å².